The molecular formula is C13H18N4O3S. The van der Waals surface area contributed by atoms with Crippen LogP contribution in [0.25, 0.3) is 0 Å². The molecule has 7 nitrogen and oxygen atoms in total. The van der Waals surface area contributed by atoms with E-state index in [0.717, 1.165) is 18.7 Å². The van der Waals surface area contributed by atoms with Gasteiger partial charge in [-0.25, -0.2) is 13.4 Å². The van der Waals surface area contributed by atoms with E-state index < -0.39 is 10.0 Å². The number of rotatable bonds is 6. The Morgan fingerprint density at radius 3 is 2.57 bits per heavy atom. The molecule has 21 heavy (non-hydrogen) atoms. The number of anilines is 2. The SMILES string of the molecule is CCCNc1ccc(NS(=O)(=O)c2c(C)noc2C)nc1. The number of nitrogens with zero attached hydrogens (tertiary/aromatic N) is 2. The lowest BCUT2D eigenvalue weighted by atomic mass is 10.4. The number of aryl methyl sites for hydroxylation is 2. The minimum atomic E-state index is -3.75. The van der Waals surface area contributed by atoms with Crippen LogP contribution >= 0.6 is 0 Å². The van der Waals surface area contributed by atoms with E-state index in [9.17, 15) is 8.42 Å². The average molecular weight is 310 g/mol. The highest BCUT2D eigenvalue weighted by Gasteiger charge is 2.24. The predicted octanol–water partition coefficient (Wildman–Crippen LogP) is 2.31. The zero-order valence-electron chi connectivity index (χ0n) is 12.2. The fourth-order valence-corrected chi connectivity index (χ4v) is 3.22. The summed E-state index contributed by atoms with van der Waals surface area (Å²) < 4.78 is 31.9. The van der Waals surface area contributed by atoms with Crippen LogP contribution in [-0.2, 0) is 10.0 Å². The molecule has 0 aliphatic carbocycles. The Morgan fingerprint density at radius 1 is 1.29 bits per heavy atom. The molecule has 0 saturated heterocycles. The summed E-state index contributed by atoms with van der Waals surface area (Å²) >= 11 is 0. The van der Waals surface area contributed by atoms with Gasteiger partial charge in [0.2, 0.25) is 0 Å². The Bertz CT molecular complexity index is 688. The lowest BCUT2D eigenvalue weighted by molar-refractivity contribution is 0.390. The minimum absolute atomic E-state index is 0.0532. The molecule has 0 atom stereocenters. The summed E-state index contributed by atoms with van der Waals surface area (Å²) in [6.45, 7) is 6.04. The van der Waals surface area contributed by atoms with Crippen molar-refractivity contribution in [2.24, 2.45) is 0 Å². The maximum Gasteiger partial charge on any atom is 0.268 e. The van der Waals surface area contributed by atoms with Crippen LogP contribution in [-0.4, -0.2) is 25.1 Å². The smallest absolute Gasteiger partial charge is 0.268 e. The molecule has 114 valence electrons. The van der Waals surface area contributed by atoms with Crippen LogP contribution in [0.15, 0.2) is 27.7 Å². The number of hydrogen-bond acceptors (Lipinski definition) is 6. The number of aromatic nitrogens is 2. The molecule has 8 heteroatoms. The highest BCUT2D eigenvalue weighted by Crippen LogP contribution is 2.21. The number of pyridine rings is 1. The van der Waals surface area contributed by atoms with Gasteiger partial charge < -0.3 is 9.84 Å². The summed E-state index contributed by atoms with van der Waals surface area (Å²) in [7, 11) is -3.75. The lowest BCUT2D eigenvalue weighted by Gasteiger charge is -2.08. The lowest BCUT2D eigenvalue weighted by Crippen LogP contribution is -2.15. The topological polar surface area (TPSA) is 97.1 Å². The molecule has 0 radical (unpaired) electrons. The van der Waals surface area contributed by atoms with Crippen LogP contribution < -0.4 is 10.0 Å². The van der Waals surface area contributed by atoms with Crippen LogP contribution in [0.4, 0.5) is 11.5 Å². The first-order valence-electron chi connectivity index (χ1n) is 6.59. The van der Waals surface area contributed by atoms with Crippen LogP contribution in [0.2, 0.25) is 0 Å². The van der Waals surface area contributed by atoms with Gasteiger partial charge in [-0.05, 0) is 32.4 Å². The quantitative estimate of drug-likeness (QED) is 0.849. The van der Waals surface area contributed by atoms with E-state index in [0.29, 0.717) is 5.69 Å². The van der Waals surface area contributed by atoms with Crippen molar-refractivity contribution in [2.45, 2.75) is 32.1 Å². The van der Waals surface area contributed by atoms with Crippen molar-refractivity contribution in [2.75, 3.05) is 16.6 Å². The van der Waals surface area contributed by atoms with Crippen molar-refractivity contribution in [1.29, 1.82) is 0 Å². The second kappa shape index (κ2) is 6.13. The van der Waals surface area contributed by atoms with Crippen molar-refractivity contribution in [3.05, 3.63) is 29.8 Å². The molecule has 2 rings (SSSR count). The Balaban J connectivity index is 2.17. The molecule has 0 aromatic carbocycles. The maximum absolute atomic E-state index is 12.3. The van der Waals surface area contributed by atoms with Gasteiger partial charge in [-0.1, -0.05) is 12.1 Å². The van der Waals surface area contributed by atoms with E-state index >= 15 is 0 Å². The van der Waals surface area contributed by atoms with Crippen LogP contribution in [0, 0.1) is 13.8 Å². The summed E-state index contributed by atoms with van der Waals surface area (Å²) in [4.78, 5) is 4.14. The van der Waals surface area contributed by atoms with Gasteiger partial charge in [0.05, 0.1) is 11.9 Å². The zero-order valence-corrected chi connectivity index (χ0v) is 13.0. The summed E-state index contributed by atoms with van der Waals surface area (Å²) in [6, 6.07) is 3.38. The molecule has 2 N–H and O–H groups in total. The van der Waals surface area contributed by atoms with Crippen molar-refractivity contribution in [3.8, 4) is 0 Å². The van der Waals surface area contributed by atoms with Crippen LogP contribution in [0.5, 0.6) is 0 Å². The van der Waals surface area contributed by atoms with E-state index in [4.69, 9.17) is 4.52 Å². The molecule has 2 aromatic rings. The molecule has 0 spiro atoms. The Morgan fingerprint density at radius 2 is 2.05 bits per heavy atom. The summed E-state index contributed by atoms with van der Waals surface area (Å²) in [6.07, 6.45) is 2.58. The van der Waals surface area contributed by atoms with E-state index in [2.05, 4.69) is 27.1 Å². The monoisotopic (exact) mass is 310 g/mol. The van der Waals surface area contributed by atoms with Gasteiger partial charge in [0.1, 0.15) is 11.5 Å². The molecule has 0 bridgehead atoms. The zero-order chi connectivity index (χ0) is 15.5. The fourth-order valence-electron chi connectivity index (χ4n) is 1.88. The number of hydrogen-bond donors (Lipinski definition) is 2. The Labute approximate surface area is 123 Å². The highest BCUT2D eigenvalue weighted by atomic mass is 32.2. The van der Waals surface area contributed by atoms with Crippen LogP contribution in [0.3, 0.4) is 0 Å². The van der Waals surface area contributed by atoms with Gasteiger partial charge in [0.25, 0.3) is 10.0 Å². The second-order valence-corrected chi connectivity index (χ2v) is 6.24. The average Bonchev–Trinajstić information content (AvgIpc) is 2.77. The molecule has 2 heterocycles. The molecule has 2 aromatic heterocycles. The largest absolute Gasteiger partial charge is 0.384 e. The molecule has 0 unspecified atom stereocenters. The summed E-state index contributed by atoms with van der Waals surface area (Å²) in [5.74, 6) is 0.498. The van der Waals surface area contributed by atoms with Gasteiger partial charge in [0.15, 0.2) is 10.7 Å². The molecular weight excluding hydrogens is 292 g/mol. The molecule has 0 fully saturated rings. The standard InChI is InChI=1S/C13H18N4O3S/c1-4-7-14-11-5-6-12(15-8-11)17-21(18,19)13-9(2)16-20-10(13)3/h5-6,8,14H,4,7H2,1-3H3,(H,15,17). The van der Waals surface area contributed by atoms with Crippen molar-refractivity contribution < 1.29 is 12.9 Å². The maximum atomic E-state index is 12.3. The molecule has 0 aliphatic heterocycles. The Kier molecular flexibility index (Phi) is 4.46. The van der Waals surface area contributed by atoms with Crippen molar-refractivity contribution >= 4 is 21.5 Å². The molecule has 0 amide bonds. The van der Waals surface area contributed by atoms with Crippen LogP contribution in [0.1, 0.15) is 24.8 Å². The van der Waals surface area contributed by atoms with Gasteiger partial charge in [-0.15, -0.1) is 0 Å². The molecule has 0 aliphatic rings. The van der Waals surface area contributed by atoms with Gasteiger partial charge in [-0.2, -0.15) is 0 Å². The van der Waals surface area contributed by atoms with Gasteiger partial charge in [0, 0.05) is 6.54 Å². The Hall–Kier alpha value is -2.09. The first kappa shape index (κ1) is 15.3. The van der Waals surface area contributed by atoms with E-state index in [1.807, 2.05) is 0 Å². The molecule has 0 saturated carbocycles. The number of nitrogens with one attached hydrogen (secondary N) is 2. The third-order valence-corrected chi connectivity index (χ3v) is 4.42. The third-order valence-electron chi connectivity index (χ3n) is 2.82. The summed E-state index contributed by atoms with van der Waals surface area (Å²) in [5, 5.41) is 6.81. The van der Waals surface area contributed by atoms with Crippen molar-refractivity contribution in [1.82, 2.24) is 10.1 Å². The normalized spacial score (nSPS) is 11.4. The fraction of sp³-hybridized carbons (Fsp3) is 0.385. The third kappa shape index (κ3) is 3.52. The van der Waals surface area contributed by atoms with Gasteiger partial charge in [-0.3, -0.25) is 4.72 Å². The van der Waals surface area contributed by atoms with E-state index in [1.165, 1.54) is 0 Å². The first-order valence-corrected chi connectivity index (χ1v) is 8.08. The first-order chi connectivity index (χ1) is 9.94. The minimum Gasteiger partial charge on any atom is -0.384 e. The highest BCUT2D eigenvalue weighted by molar-refractivity contribution is 7.92. The predicted molar refractivity (Wildman–Crippen MR) is 79.8 cm³/mol. The van der Waals surface area contributed by atoms with E-state index in [1.54, 1.807) is 32.2 Å². The van der Waals surface area contributed by atoms with E-state index in [-0.39, 0.29) is 16.5 Å². The van der Waals surface area contributed by atoms with Gasteiger partial charge >= 0.3 is 0 Å². The number of sulfonamides is 1. The summed E-state index contributed by atoms with van der Waals surface area (Å²) in [5.41, 5.74) is 1.17. The van der Waals surface area contributed by atoms with Crippen molar-refractivity contribution in [3.63, 3.8) is 0 Å². The second-order valence-electron chi connectivity index (χ2n) is 4.62.